The van der Waals surface area contributed by atoms with Gasteiger partial charge in [-0.25, -0.2) is 14.8 Å². The molecule has 9 heteroatoms. The SMILES string of the molecule is CCOC(=O)[C@H](O)Cc1cc(CO[Si](C)(C)C(C)(C)C)ccc1OCc1ccnc(SC)n1. The van der Waals surface area contributed by atoms with Crippen LogP contribution in [0.15, 0.2) is 35.6 Å². The molecule has 0 saturated carbocycles. The van der Waals surface area contributed by atoms with Crippen molar-refractivity contribution in [2.75, 3.05) is 12.9 Å². The number of aliphatic hydroxyl groups is 1. The first-order valence-corrected chi connectivity index (χ1v) is 15.2. The molecular formula is C24H36N2O5SSi. The van der Waals surface area contributed by atoms with Gasteiger partial charge in [-0.05, 0) is 60.6 Å². The average molecular weight is 493 g/mol. The van der Waals surface area contributed by atoms with Crippen molar-refractivity contribution in [1.29, 1.82) is 0 Å². The summed E-state index contributed by atoms with van der Waals surface area (Å²) in [5.41, 5.74) is 2.42. The summed E-state index contributed by atoms with van der Waals surface area (Å²) < 4.78 is 17.3. The molecule has 7 nitrogen and oxygen atoms in total. The number of hydrogen-bond acceptors (Lipinski definition) is 8. The van der Waals surface area contributed by atoms with Crippen molar-refractivity contribution < 1.29 is 23.8 Å². The lowest BCUT2D eigenvalue weighted by Gasteiger charge is -2.36. The Morgan fingerprint density at radius 1 is 1.21 bits per heavy atom. The van der Waals surface area contributed by atoms with E-state index in [0.29, 0.717) is 23.1 Å². The zero-order valence-electron chi connectivity index (χ0n) is 20.7. The fourth-order valence-corrected chi connectivity index (χ4v) is 4.08. The molecule has 182 valence electrons. The maximum atomic E-state index is 12.0. The molecule has 0 unspecified atom stereocenters. The maximum absolute atomic E-state index is 12.0. The van der Waals surface area contributed by atoms with Gasteiger partial charge in [0.25, 0.3) is 0 Å². The number of rotatable bonds is 11. The number of ether oxygens (including phenoxy) is 2. The molecule has 1 aromatic heterocycles. The largest absolute Gasteiger partial charge is 0.487 e. The van der Waals surface area contributed by atoms with Crippen LogP contribution < -0.4 is 4.74 Å². The minimum absolute atomic E-state index is 0.0853. The van der Waals surface area contributed by atoms with Gasteiger partial charge in [-0.1, -0.05) is 38.6 Å². The minimum atomic E-state index is -1.92. The smallest absolute Gasteiger partial charge is 0.335 e. The Balaban J connectivity index is 2.23. The molecule has 1 heterocycles. The van der Waals surface area contributed by atoms with Crippen LogP contribution in [0.1, 0.15) is 44.5 Å². The molecule has 2 aromatic rings. The molecule has 0 fully saturated rings. The van der Waals surface area contributed by atoms with Gasteiger partial charge in [-0.2, -0.15) is 0 Å². The molecule has 0 saturated heterocycles. The molecule has 2 rings (SSSR count). The van der Waals surface area contributed by atoms with E-state index in [2.05, 4.69) is 43.8 Å². The molecule has 0 aliphatic rings. The van der Waals surface area contributed by atoms with Gasteiger partial charge in [0.1, 0.15) is 12.4 Å². The molecule has 0 spiro atoms. The molecule has 1 N–H and O–H groups in total. The Bertz CT molecular complexity index is 933. The van der Waals surface area contributed by atoms with E-state index >= 15 is 0 Å². The van der Waals surface area contributed by atoms with Gasteiger partial charge in [0, 0.05) is 12.6 Å². The summed E-state index contributed by atoms with van der Waals surface area (Å²) >= 11 is 1.46. The van der Waals surface area contributed by atoms with Gasteiger partial charge in [-0.3, -0.25) is 0 Å². The van der Waals surface area contributed by atoms with Gasteiger partial charge in [-0.15, -0.1) is 0 Å². The first-order chi connectivity index (χ1) is 15.5. The number of aromatic nitrogens is 2. The summed E-state index contributed by atoms with van der Waals surface area (Å²) in [4.78, 5) is 20.6. The van der Waals surface area contributed by atoms with E-state index in [1.54, 1.807) is 19.2 Å². The standard InChI is InChI=1S/C24H36N2O5SSi/c1-8-29-22(28)20(27)14-18-13-17(15-31-33(6,7)24(2,3)4)9-10-21(18)30-16-19-11-12-25-23(26-19)32-5/h9-13,20,27H,8,14-16H2,1-7H3/t20-/m1/s1. The zero-order chi connectivity index (χ0) is 24.6. The summed E-state index contributed by atoms with van der Waals surface area (Å²) in [5, 5.41) is 11.1. The highest BCUT2D eigenvalue weighted by molar-refractivity contribution is 7.98. The van der Waals surface area contributed by atoms with Crippen LogP contribution in [-0.4, -0.2) is 48.3 Å². The Hall–Kier alpha value is -1.94. The molecule has 0 aliphatic carbocycles. The normalized spacial score (nSPS) is 13.0. The Kier molecular flexibility index (Phi) is 9.90. The van der Waals surface area contributed by atoms with Crippen molar-refractivity contribution in [1.82, 2.24) is 9.97 Å². The second-order valence-electron chi connectivity index (χ2n) is 9.29. The van der Waals surface area contributed by atoms with Crippen molar-refractivity contribution in [2.45, 2.75) is 76.7 Å². The van der Waals surface area contributed by atoms with Crippen molar-refractivity contribution in [2.24, 2.45) is 0 Å². The van der Waals surface area contributed by atoms with E-state index in [4.69, 9.17) is 13.9 Å². The lowest BCUT2D eigenvalue weighted by Crippen LogP contribution is -2.40. The highest BCUT2D eigenvalue weighted by atomic mass is 32.2. The van der Waals surface area contributed by atoms with Crippen molar-refractivity contribution in [3.63, 3.8) is 0 Å². The van der Waals surface area contributed by atoms with E-state index in [1.165, 1.54) is 11.8 Å². The highest BCUT2D eigenvalue weighted by Gasteiger charge is 2.37. The topological polar surface area (TPSA) is 90.8 Å². The van der Waals surface area contributed by atoms with Crippen molar-refractivity contribution >= 4 is 26.0 Å². The highest BCUT2D eigenvalue weighted by Crippen LogP contribution is 2.37. The summed E-state index contributed by atoms with van der Waals surface area (Å²) in [6, 6.07) is 7.54. The number of nitrogens with zero attached hydrogens (tertiary/aromatic N) is 2. The molecule has 1 aromatic carbocycles. The van der Waals surface area contributed by atoms with Crippen LogP contribution >= 0.6 is 11.8 Å². The average Bonchev–Trinajstić information content (AvgIpc) is 2.76. The molecule has 1 atom stereocenters. The predicted octanol–water partition coefficient (Wildman–Crippen LogP) is 4.77. The zero-order valence-corrected chi connectivity index (χ0v) is 22.5. The second-order valence-corrected chi connectivity index (χ2v) is 14.9. The molecule has 0 amide bonds. The molecule has 0 aliphatic heterocycles. The van der Waals surface area contributed by atoms with Crippen LogP contribution in [-0.2, 0) is 33.6 Å². The quantitative estimate of drug-likeness (QED) is 0.208. The lowest BCUT2D eigenvalue weighted by molar-refractivity contribution is -0.152. The van der Waals surface area contributed by atoms with Crippen LogP contribution in [0.3, 0.4) is 0 Å². The van der Waals surface area contributed by atoms with Gasteiger partial charge in [0.15, 0.2) is 19.6 Å². The Morgan fingerprint density at radius 3 is 2.58 bits per heavy atom. The van der Waals surface area contributed by atoms with Gasteiger partial charge in [0.05, 0.1) is 18.9 Å². The third kappa shape index (κ3) is 8.10. The fourth-order valence-electron chi connectivity index (χ4n) is 2.74. The number of hydrogen-bond donors (Lipinski definition) is 1. The fraction of sp³-hybridized carbons (Fsp3) is 0.542. The Morgan fingerprint density at radius 2 is 1.94 bits per heavy atom. The van der Waals surface area contributed by atoms with Crippen LogP contribution in [0.25, 0.3) is 0 Å². The minimum Gasteiger partial charge on any atom is -0.487 e. The molecule has 0 radical (unpaired) electrons. The van der Waals surface area contributed by atoms with Crippen molar-refractivity contribution in [3.8, 4) is 5.75 Å². The third-order valence-corrected chi connectivity index (χ3v) is 10.8. The predicted molar refractivity (Wildman–Crippen MR) is 133 cm³/mol. The number of esters is 1. The number of carbonyl (C=O) groups excluding carboxylic acids is 1. The van der Waals surface area contributed by atoms with E-state index in [0.717, 1.165) is 11.3 Å². The second kappa shape index (κ2) is 12.0. The molecule has 33 heavy (non-hydrogen) atoms. The van der Waals surface area contributed by atoms with Gasteiger partial charge < -0.3 is 19.0 Å². The summed E-state index contributed by atoms with van der Waals surface area (Å²) in [6.07, 6.45) is 2.43. The van der Waals surface area contributed by atoms with Crippen LogP contribution in [0.2, 0.25) is 18.1 Å². The van der Waals surface area contributed by atoms with Crippen LogP contribution in [0.5, 0.6) is 5.75 Å². The summed E-state index contributed by atoms with van der Waals surface area (Å²) in [6.45, 7) is 13.7. The van der Waals surface area contributed by atoms with Crippen LogP contribution in [0.4, 0.5) is 0 Å². The summed E-state index contributed by atoms with van der Waals surface area (Å²) in [5.74, 6) is -0.0643. The monoisotopic (exact) mass is 492 g/mol. The first kappa shape index (κ1) is 27.3. The third-order valence-electron chi connectivity index (χ3n) is 5.75. The van der Waals surface area contributed by atoms with Gasteiger partial charge >= 0.3 is 5.97 Å². The maximum Gasteiger partial charge on any atom is 0.335 e. The number of carbonyl (C=O) groups is 1. The number of aliphatic hydroxyl groups excluding tert-OH is 1. The number of thioether (sulfide) groups is 1. The van der Waals surface area contributed by atoms with E-state index in [1.807, 2.05) is 24.5 Å². The molecule has 0 bridgehead atoms. The summed E-state index contributed by atoms with van der Waals surface area (Å²) in [7, 11) is -1.92. The van der Waals surface area contributed by atoms with Crippen molar-refractivity contribution in [3.05, 3.63) is 47.3 Å². The van der Waals surface area contributed by atoms with E-state index in [9.17, 15) is 9.90 Å². The molecular weight excluding hydrogens is 456 g/mol. The van der Waals surface area contributed by atoms with Gasteiger partial charge in [0.2, 0.25) is 0 Å². The van der Waals surface area contributed by atoms with E-state index in [-0.39, 0.29) is 24.7 Å². The van der Waals surface area contributed by atoms with Crippen LogP contribution in [0, 0.1) is 0 Å². The number of benzene rings is 1. The first-order valence-electron chi connectivity index (χ1n) is 11.1. The Labute approximate surface area is 202 Å². The van der Waals surface area contributed by atoms with E-state index < -0.39 is 20.4 Å². The lowest BCUT2D eigenvalue weighted by atomic mass is 10.0.